The van der Waals surface area contributed by atoms with Crippen LogP contribution in [0, 0.1) is 0 Å². The molecule has 0 unspecified atom stereocenters. The van der Waals surface area contributed by atoms with Gasteiger partial charge in [0.05, 0.1) is 5.56 Å². The molecule has 1 aliphatic heterocycles. The lowest BCUT2D eigenvalue weighted by atomic mass is 9.82. The summed E-state index contributed by atoms with van der Waals surface area (Å²) in [5.41, 5.74) is 0.348. The smallest absolute Gasteiger partial charge is 0.338 e. The first kappa shape index (κ1) is 28.4. The molecule has 5 atom stereocenters. The topological polar surface area (TPSA) is 149 Å². The number of carbonyl (C=O) groups is 6. The molecule has 2 aliphatic rings. The SMILES string of the molecule is CC(=O)O[C@@H]1[C@@H](OC(C)=O)[C@H](C2=CC(=O)c3ccccc3C2=O)O[C@H](COC(=O)c2ccccc2)[C@H]1OC(C)=O. The maximum Gasteiger partial charge on any atom is 0.338 e. The van der Waals surface area contributed by atoms with E-state index >= 15 is 0 Å². The van der Waals surface area contributed by atoms with Gasteiger partial charge in [-0.1, -0.05) is 42.5 Å². The van der Waals surface area contributed by atoms with E-state index in [1.165, 1.54) is 24.3 Å². The molecule has 0 amide bonds. The van der Waals surface area contributed by atoms with E-state index in [0.717, 1.165) is 26.8 Å². The van der Waals surface area contributed by atoms with E-state index < -0.39 is 72.6 Å². The number of rotatable bonds is 7. The van der Waals surface area contributed by atoms with Gasteiger partial charge in [-0.25, -0.2) is 4.79 Å². The van der Waals surface area contributed by atoms with Gasteiger partial charge in [-0.2, -0.15) is 0 Å². The van der Waals surface area contributed by atoms with Gasteiger partial charge in [0.2, 0.25) is 0 Å². The standard InChI is InChI=1S/C29H26O11/c1-15(30)37-26-23(14-36-29(35)18-9-5-4-6-10-18)40-25(27(38-16(2)31)28(26)39-17(3)32)21-13-22(33)19-11-7-8-12-20(19)24(21)34/h4-13,23,25-28H,14H2,1-3H3/t23-,25+,26-,27+,28+/m1/s1. The Hall–Kier alpha value is -4.64. The highest BCUT2D eigenvalue weighted by molar-refractivity contribution is 6.25. The molecule has 0 saturated carbocycles. The van der Waals surface area contributed by atoms with Crippen molar-refractivity contribution in [2.24, 2.45) is 0 Å². The third-order valence-corrected chi connectivity index (χ3v) is 6.22. The Balaban J connectivity index is 1.75. The largest absolute Gasteiger partial charge is 0.459 e. The Kier molecular flexibility index (Phi) is 8.54. The molecule has 208 valence electrons. The van der Waals surface area contributed by atoms with Crippen LogP contribution >= 0.6 is 0 Å². The molecule has 11 nitrogen and oxygen atoms in total. The fourth-order valence-electron chi connectivity index (χ4n) is 4.64. The lowest BCUT2D eigenvalue weighted by Crippen LogP contribution is -2.63. The molecule has 0 aromatic heterocycles. The molecule has 0 N–H and O–H groups in total. The summed E-state index contributed by atoms with van der Waals surface area (Å²) in [6.07, 6.45) is -6.07. The third kappa shape index (κ3) is 6.15. The minimum Gasteiger partial charge on any atom is -0.459 e. The van der Waals surface area contributed by atoms with Crippen LogP contribution < -0.4 is 0 Å². The second kappa shape index (κ2) is 12.0. The van der Waals surface area contributed by atoms with Crippen LogP contribution in [0.15, 0.2) is 66.2 Å². The van der Waals surface area contributed by atoms with Gasteiger partial charge >= 0.3 is 23.9 Å². The van der Waals surface area contributed by atoms with Crippen LogP contribution in [0.2, 0.25) is 0 Å². The third-order valence-electron chi connectivity index (χ3n) is 6.22. The first-order valence-corrected chi connectivity index (χ1v) is 12.4. The number of ether oxygens (including phenoxy) is 5. The summed E-state index contributed by atoms with van der Waals surface area (Å²) in [4.78, 5) is 75.4. The number of Topliss-reactive ketones (excluding diaryl/α,β-unsaturated/α-hetero) is 1. The number of hydrogen-bond donors (Lipinski definition) is 0. The Morgan fingerprint density at radius 3 is 1.90 bits per heavy atom. The second-order valence-electron chi connectivity index (χ2n) is 9.12. The zero-order valence-corrected chi connectivity index (χ0v) is 21.9. The Bertz CT molecular complexity index is 1380. The van der Waals surface area contributed by atoms with Crippen molar-refractivity contribution in [3.05, 3.63) is 82.9 Å². The molecule has 1 heterocycles. The van der Waals surface area contributed by atoms with Gasteiger partial charge in [0, 0.05) is 37.5 Å². The molecule has 1 fully saturated rings. The van der Waals surface area contributed by atoms with E-state index in [-0.39, 0.29) is 22.3 Å². The van der Waals surface area contributed by atoms with E-state index in [1.807, 2.05) is 0 Å². The molecule has 2 aromatic rings. The van der Waals surface area contributed by atoms with Crippen LogP contribution in [-0.4, -0.2) is 72.6 Å². The second-order valence-corrected chi connectivity index (χ2v) is 9.12. The average Bonchev–Trinajstić information content (AvgIpc) is 2.91. The number of allylic oxidation sites excluding steroid dienone is 1. The van der Waals surface area contributed by atoms with Crippen molar-refractivity contribution < 1.29 is 52.5 Å². The van der Waals surface area contributed by atoms with E-state index in [1.54, 1.807) is 30.3 Å². The zero-order valence-electron chi connectivity index (χ0n) is 21.9. The first-order valence-electron chi connectivity index (χ1n) is 12.4. The number of fused-ring (bicyclic) bond motifs is 1. The van der Waals surface area contributed by atoms with E-state index in [4.69, 9.17) is 23.7 Å². The molecule has 4 rings (SSSR count). The molecule has 0 spiro atoms. The first-order chi connectivity index (χ1) is 19.1. The minimum atomic E-state index is -1.50. The summed E-state index contributed by atoms with van der Waals surface area (Å²) in [5, 5.41) is 0. The van der Waals surface area contributed by atoms with Crippen molar-refractivity contribution in [1.29, 1.82) is 0 Å². The Morgan fingerprint density at radius 1 is 0.725 bits per heavy atom. The van der Waals surface area contributed by atoms with Gasteiger partial charge in [0.25, 0.3) is 0 Å². The van der Waals surface area contributed by atoms with Crippen molar-refractivity contribution in [2.45, 2.75) is 51.3 Å². The number of benzene rings is 2. The number of esters is 4. The monoisotopic (exact) mass is 550 g/mol. The molecular formula is C29H26O11. The predicted molar refractivity (Wildman–Crippen MR) is 135 cm³/mol. The maximum absolute atomic E-state index is 13.5. The molecule has 40 heavy (non-hydrogen) atoms. The Morgan fingerprint density at radius 2 is 1.27 bits per heavy atom. The normalized spacial score (nSPS) is 23.8. The van der Waals surface area contributed by atoms with Gasteiger partial charge in [-0.15, -0.1) is 0 Å². The van der Waals surface area contributed by atoms with Gasteiger partial charge in [0.1, 0.15) is 18.8 Å². The maximum atomic E-state index is 13.5. The number of ketones is 2. The van der Waals surface area contributed by atoms with Gasteiger partial charge < -0.3 is 23.7 Å². The molecule has 1 aliphatic carbocycles. The van der Waals surface area contributed by atoms with Crippen LogP contribution in [0.25, 0.3) is 0 Å². The lowest BCUT2D eigenvalue weighted by molar-refractivity contribution is -0.244. The van der Waals surface area contributed by atoms with E-state index in [9.17, 15) is 28.8 Å². The Labute approximate surface area is 229 Å². The highest BCUT2D eigenvalue weighted by Gasteiger charge is 2.54. The number of carbonyl (C=O) groups excluding carboxylic acids is 6. The van der Waals surface area contributed by atoms with Gasteiger partial charge in [-0.3, -0.25) is 24.0 Å². The van der Waals surface area contributed by atoms with Crippen LogP contribution in [0.3, 0.4) is 0 Å². The van der Waals surface area contributed by atoms with E-state index in [0.29, 0.717) is 0 Å². The quantitative estimate of drug-likeness (QED) is 0.370. The zero-order chi connectivity index (χ0) is 29.0. The molecule has 0 radical (unpaired) electrons. The van der Waals surface area contributed by atoms with Crippen molar-refractivity contribution in [2.75, 3.05) is 6.61 Å². The van der Waals surface area contributed by atoms with Gasteiger partial charge in [0.15, 0.2) is 29.9 Å². The van der Waals surface area contributed by atoms with E-state index in [2.05, 4.69) is 0 Å². The summed E-state index contributed by atoms with van der Waals surface area (Å²) < 4.78 is 27.9. The van der Waals surface area contributed by atoms with Crippen LogP contribution in [0.5, 0.6) is 0 Å². The van der Waals surface area contributed by atoms with Crippen molar-refractivity contribution >= 4 is 35.4 Å². The summed E-state index contributed by atoms with van der Waals surface area (Å²) in [6, 6.07) is 14.2. The summed E-state index contributed by atoms with van der Waals surface area (Å²) in [5.74, 6) is -4.21. The fourth-order valence-corrected chi connectivity index (χ4v) is 4.64. The van der Waals surface area contributed by atoms with Crippen molar-refractivity contribution in [3.63, 3.8) is 0 Å². The summed E-state index contributed by atoms with van der Waals surface area (Å²) in [6.45, 7) is 2.79. The average molecular weight is 551 g/mol. The molecule has 0 bridgehead atoms. The molecule has 2 aromatic carbocycles. The molecule has 1 saturated heterocycles. The summed E-state index contributed by atoms with van der Waals surface area (Å²) in [7, 11) is 0. The predicted octanol–water partition coefficient (Wildman–Crippen LogP) is 2.41. The summed E-state index contributed by atoms with van der Waals surface area (Å²) >= 11 is 0. The van der Waals surface area contributed by atoms with Crippen LogP contribution in [0.1, 0.15) is 51.8 Å². The highest BCUT2D eigenvalue weighted by Crippen LogP contribution is 2.35. The van der Waals surface area contributed by atoms with Gasteiger partial charge in [-0.05, 0) is 18.2 Å². The molecular weight excluding hydrogens is 524 g/mol. The van der Waals surface area contributed by atoms with Crippen LogP contribution in [-0.2, 0) is 38.1 Å². The van der Waals surface area contributed by atoms with Crippen molar-refractivity contribution in [1.82, 2.24) is 0 Å². The minimum absolute atomic E-state index is 0.105. The van der Waals surface area contributed by atoms with Crippen LogP contribution in [0.4, 0.5) is 0 Å². The van der Waals surface area contributed by atoms with Crippen molar-refractivity contribution in [3.8, 4) is 0 Å². The molecule has 11 heteroatoms. The lowest BCUT2D eigenvalue weighted by Gasteiger charge is -2.45. The number of hydrogen-bond acceptors (Lipinski definition) is 11. The highest BCUT2D eigenvalue weighted by atomic mass is 16.7. The fraction of sp³-hybridized carbons (Fsp3) is 0.310.